The predicted molar refractivity (Wildman–Crippen MR) is 85.4 cm³/mol. The van der Waals surface area contributed by atoms with Gasteiger partial charge in [0.25, 0.3) is 0 Å². The van der Waals surface area contributed by atoms with Gasteiger partial charge in [-0.2, -0.15) is 11.8 Å². The number of rotatable bonds is 4. The molecular formula is C17H19NOS. The van der Waals surface area contributed by atoms with Crippen molar-refractivity contribution in [3.8, 4) is 0 Å². The summed E-state index contributed by atoms with van der Waals surface area (Å²) < 4.78 is 0. The first-order valence-corrected chi connectivity index (χ1v) is 8.37. The zero-order chi connectivity index (χ0) is 13.8. The van der Waals surface area contributed by atoms with Gasteiger partial charge in [0, 0.05) is 22.4 Å². The molecule has 0 atom stereocenters. The van der Waals surface area contributed by atoms with Gasteiger partial charge in [0.05, 0.1) is 11.3 Å². The highest BCUT2D eigenvalue weighted by molar-refractivity contribution is 8.00. The summed E-state index contributed by atoms with van der Waals surface area (Å²) in [5.74, 6) is 0.850. The van der Waals surface area contributed by atoms with Crippen molar-refractivity contribution in [2.24, 2.45) is 0 Å². The van der Waals surface area contributed by atoms with Gasteiger partial charge in [0.15, 0.2) is 5.78 Å². The number of benzene rings is 1. The molecule has 3 rings (SSSR count). The molecule has 0 aliphatic heterocycles. The van der Waals surface area contributed by atoms with Gasteiger partial charge in [-0.15, -0.1) is 0 Å². The third kappa shape index (κ3) is 3.21. The summed E-state index contributed by atoms with van der Waals surface area (Å²) in [4.78, 5) is 16.6. The van der Waals surface area contributed by atoms with Crippen molar-refractivity contribution in [3.63, 3.8) is 0 Å². The summed E-state index contributed by atoms with van der Waals surface area (Å²) >= 11 is 1.84. The Kier molecular flexibility index (Phi) is 4.36. The van der Waals surface area contributed by atoms with Crippen LogP contribution in [0.3, 0.4) is 0 Å². The minimum Gasteiger partial charge on any atom is -0.293 e. The van der Waals surface area contributed by atoms with E-state index in [4.69, 9.17) is 0 Å². The van der Waals surface area contributed by atoms with Crippen molar-refractivity contribution in [1.82, 2.24) is 4.98 Å². The second-order valence-electron chi connectivity index (χ2n) is 5.41. The van der Waals surface area contributed by atoms with Crippen LogP contribution in [-0.2, 0) is 0 Å². The van der Waals surface area contributed by atoms with E-state index in [0.717, 1.165) is 16.5 Å². The van der Waals surface area contributed by atoms with E-state index in [1.807, 2.05) is 42.1 Å². The highest BCUT2D eigenvalue weighted by Gasteiger charge is 2.16. The number of thioether (sulfide) groups is 1. The molecule has 2 nitrogen and oxygen atoms in total. The van der Waals surface area contributed by atoms with Crippen molar-refractivity contribution < 1.29 is 4.79 Å². The zero-order valence-corrected chi connectivity index (χ0v) is 12.4. The van der Waals surface area contributed by atoms with Gasteiger partial charge in [-0.1, -0.05) is 25.3 Å². The average molecular weight is 285 g/mol. The van der Waals surface area contributed by atoms with E-state index in [9.17, 15) is 4.79 Å². The molecular weight excluding hydrogens is 266 g/mol. The smallest absolute Gasteiger partial charge is 0.172 e. The standard InChI is InChI=1S/C17H19NOS/c19-17(12-20-15-6-2-1-3-7-15)14-8-9-16-13(11-14)5-4-10-18-16/h4-5,8-11,15H,1-3,6-7,12H2. The Morgan fingerprint density at radius 3 is 2.90 bits per heavy atom. The fourth-order valence-electron chi connectivity index (χ4n) is 2.76. The molecule has 0 spiro atoms. The van der Waals surface area contributed by atoms with Gasteiger partial charge in [-0.3, -0.25) is 9.78 Å². The van der Waals surface area contributed by atoms with Crippen molar-refractivity contribution >= 4 is 28.4 Å². The Labute approximate surface area is 124 Å². The molecule has 1 fully saturated rings. The van der Waals surface area contributed by atoms with Gasteiger partial charge in [-0.05, 0) is 37.1 Å². The maximum Gasteiger partial charge on any atom is 0.172 e. The summed E-state index contributed by atoms with van der Waals surface area (Å²) in [6.45, 7) is 0. The molecule has 0 N–H and O–H groups in total. The minimum absolute atomic E-state index is 0.242. The molecule has 1 aliphatic rings. The van der Waals surface area contributed by atoms with Crippen LogP contribution < -0.4 is 0 Å². The fraction of sp³-hybridized carbons (Fsp3) is 0.412. The summed E-state index contributed by atoms with van der Waals surface area (Å²) in [7, 11) is 0. The Morgan fingerprint density at radius 1 is 1.20 bits per heavy atom. The number of aromatic nitrogens is 1. The van der Waals surface area contributed by atoms with Gasteiger partial charge in [0.2, 0.25) is 0 Å². The summed E-state index contributed by atoms with van der Waals surface area (Å²) in [6, 6.07) is 9.72. The van der Waals surface area contributed by atoms with Crippen molar-refractivity contribution in [2.75, 3.05) is 5.75 Å². The maximum atomic E-state index is 12.3. The number of carbonyl (C=O) groups excluding carboxylic acids is 1. The molecule has 3 heteroatoms. The second-order valence-corrected chi connectivity index (χ2v) is 6.69. The third-order valence-electron chi connectivity index (χ3n) is 3.93. The lowest BCUT2D eigenvalue weighted by atomic mass is 10.0. The monoisotopic (exact) mass is 285 g/mol. The van der Waals surface area contributed by atoms with E-state index in [0.29, 0.717) is 11.0 Å². The van der Waals surface area contributed by atoms with Gasteiger partial charge >= 0.3 is 0 Å². The molecule has 1 aromatic heterocycles. The van der Waals surface area contributed by atoms with Crippen LogP contribution in [0, 0.1) is 0 Å². The number of hydrogen-bond acceptors (Lipinski definition) is 3. The summed E-state index contributed by atoms with van der Waals surface area (Å²) in [5.41, 5.74) is 1.76. The SMILES string of the molecule is O=C(CSC1CCCCC1)c1ccc2ncccc2c1. The van der Waals surface area contributed by atoms with Crippen LogP contribution >= 0.6 is 11.8 Å². The Bertz CT molecular complexity index is 605. The van der Waals surface area contributed by atoms with Crippen molar-refractivity contribution in [3.05, 3.63) is 42.1 Å². The van der Waals surface area contributed by atoms with E-state index in [1.165, 1.54) is 32.1 Å². The van der Waals surface area contributed by atoms with Crippen LogP contribution in [0.5, 0.6) is 0 Å². The average Bonchev–Trinajstić information content (AvgIpc) is 2.53. The molecule has 1 heterocycles. The van der Waals surface area contributed by atoms with Gasteiger partial charge in [0.1, 0.15) is 0 Å². The number of carbonyl (C=O) groups is 1. The number of ketones is 1. The summed E-state index contributed by atoms with van der Waals surface area (Å²) in [6.07, 6.45) is 8.35. The molecule has 0 amide bonds. The van der Waals surface area contributed by atoms with Gasteiger partial charge in [-0.25, -0.2) is 0 Å². The lowest BCUT2D eigenvalue weighted by molar-refractivity contribution is 0.102. The number of hydrogen-bond donors (Lipinski definition) is 0. The first-order valence-electron chi connectivity index (χ1n) is 7.32. The lowest BCUT2D eigenvalue weighted by Crippen LogP contribution is -2.12. The summed E-state index contributed by atoms with van der Waals surface area (Å²) in [5, 5.41) is 1.73. The fourth-order valence-corrected chi connectivity index (χ4v) is 3.98. The number of pyridine rings is 1. The van der Waals surface area contributed by atoms with Crippen molar-refractivity contribution in [2.45, 2.75) is 37.4 Å². The molecule has 0 radical (unpaired) electrons. The molecule has 0 bridgehead atoms. The minimum atomic E-state index is 0.242. The van der Waals surface area contributed by atoms with Crippen molar-refractivity contribution in [1.29, 1.82) is 0 Å². The van der Waals surface area contributed by atoms with E-state index in [-0.39, 0.29) is 5.78 Å². The van der Waals surface area contributed by atoms with Gasteiger partial charge < -0.3 is 0 Å². The lowest BCUT2D eigenvalue weighted by Gasteiger charge is -2.20. The van der Waals surface area contributed by atoms with E-state index < -0.39 is 0 Å². The van der Waals surface area contributed by atoms with Crippen LogP contribution in [0.1, 0.15) is 42.5 Å². The van der Waals surface area contributed by atoms with Crippen LogP contribution in [0.15, 0.2) is 36.5 Å². The second kappa shape index (κ2) is 6.40. The zero-order valence-electron chi connectivity index (χ0n) is 11.5. The largest absolute Gasteiger partial charge is 0.293 e. The molecule has 0 unspecified atom stereocenters. The van der Waals surface area contributed by atoms with E-state index >= 15 is 0 Å². The molecule has 1 aliphatic carbocycles. The Balaban J connectivity index is 1.65. The number of Topliss-reactive ketones (excluding diaryl/α,β-unsaturated/α-hetero) is 1. The highest BCUT2D eigenvalue weighted by atomic mass is 32.2. The topological polar surface area (TPSA) is 30.0 Å². The van der Waals surface area contributed by atoms with Crippen LogP contribution in [-0.4, -0.2) is 21.8 Å². The Hall–Kier alpha value is -1.35. The molecule has 20 heavy (non-hydrogen) atoms. The normalized spacial score (nSPS) is 16.4. The Morgan fingerprint density at radius 2 is 2.05 bits per heavy atom. The molecule has 1 saturated carbocycles. The quantitative estimate of drug-likeness (QED) is 0.776. The van der Waals surface area contributed by atoms with Crippen LogP contribution in [0.4, 0.5) is 0 Å². The van der Waals surface area contributed by atoms with E-state index in [1.54, 1.807) is 6.20 Å². The predicted octanol–water partition coefficient (Wildman–Crippen LogP) is 4.48. The number of nitrogens with zero attached hydrogens (tertiary/aromatic N) is 1. The highest BCUT2D eigenvalue weighted by Crippen LogP contribution is 2.28. The first kappa shape index (κ1) is 13.6. The number of fused-ring (bicyclic) bond motifs is 1. The molecule has 2 aromatic rings. The molecule has 0 saturated heterocycles. The van der Waals surface area contributed by atoms with E-state index in [2.05, 4.69) is 4.98 Å². The van der Waals surface area contributed by atoms with Crippen LogP contribution in [0.25, 0.3) is 10.9 Å². The van der Waals surface area contributed by atoms with Crippen LogP contribution in [0.2, 0.25) is 0 Å². The third-order valence-corrected chi connectivity index (χ3v) is 5.30. The molecule has 104 valence electrons. The first-order chi connectivity index (χ1) is 9.83. The molecule has 1 aromatic carbocycles. The maximum absolute atomic E-state index is 12.3.